The molecule has 2 heterocycles. The molecule has 1 aromatic heterocycles. The van der Waals surface area contributed by atoms with Crippen molar-refractivity contribution in [1.29, 1.82) is 0 Å². The maximum atomic E-state index is 5.88. The number of aryl methyl sites for hydroxylation is 1. The normalized spacial score (nSPS) is 20.0. The predicted octanol–water partition coefficient (Wildman–Crippen LogP) is 1.58. The van der Waals surface area contributed by atoms with E-state index in [1.54, 1.807) is 0 Å². The second-order valence-electron chi connectivity index (χ2n) is 5.17. The molecule has 3 rings (SSSR count). The van der Waals surface area contributed by atoms with Gasteiger partial charge in [-0.3, -0.25) is 4.90 Å². The van der Waals surface area contributed by atoms with Gasteiger partial charge < -0.3 is 10.3 Å². The number of hydrogen-bond acceptors (Lipinski definition) is 5. The number of aromatic nitrogens is 2. The highest BCUT2D eigenvalue weighted by Gasteiger charge is 2.21. The molecular formula is C14H18N4O. The summed E-state index contributed by atoms with van der Waals surface area (Å²) < 4.78 is 5.31. The molecule has 5 nitrogen and oxygen atoms in total. The summed E-state index contributed by atoms with van der Waals surface area (Å²) in [6.07, 6.45) is 1.04. The highest BCUT2D eigenvalue weighted by molar-refractivity contribution is 5.53. The number of rotatable bonds is 3. The van der Waals surface area contributed by atoms with Gasteiger partial charge in [-0.2, -0.15) is 4.98 Å². The van der Waals surface area contributed by atoms with Gasteiger partial charge in [0.15, 0.2) is 5.82 Å². The van der Waals surface area contributed by atoms with Crippen molar-refractivity contribution >= 4 is 0 Å². The van der Waals surface area contributed by atoms with E-state index in [1.807, 2.05) is 24.3 Å². The van der Waals surface area contributed by atoms with Gasteiger partial charge in [-0.05, 0) is 25.5 Å². The molecule has 100 valence electrons. The van der Waals surface area contributed by atoms with Crippen LogP contribution in [0.1, 0.15) is 17.8 Å². The average molecular weight is 258 g/mol. The predicted molar refractivity (Wildman–Crippen MR) is 72.3 cm³/mol. The van der Waals surface area contributed by atoms with E-state index in [0.717, 1.165) is 30.9 Å². The summed E-state index contributed by atoms with van der Waals surface area (Å²) in [7, 11) is 0. The maximum absolute atomic E-state index is 5.88. The molecule has 19 heavy (non-hydrogen) atoms. The number of nitrogens with zero attached hydrogens (tertiary/aromatic N) is 3. The van der Waals surface area contributed by atoms with Crippen LogP contribution in [0, 0.1) is 6.92 Å². The lowest BCUT2D eigenvalue weighted by atomic mass is 10.1. The Labute approximate surface area is 112 Å². The van der Waals surface area contributed by atoms with Crippen LogP contribution in [-0.4, -0.2) is 34.2 Å². The van der Waals surface area contributed by atoms with Gasteiger partial charge in [-0.1, -0.05) is 22.9 Å². The molecule has 0 saturated carbocycles. The lowest BCUT2D eigenvalue weighted by molar-refractivity contribution is 0.309. The van der Waals surface area contributed by atoms with Gasteiger partial charge in [0.1, 0.15) is 0 Å². The molecule has 1 fully saturated rings. The van der Waals surface area contributed by atoms with Crippen LogP contribution in [0.2, 0.25) is 0 Å². The standard InChI is InChI=1S/C14H18N4O/c1-10-2-4-11(5-3-10)14-16-13(17-19-14)9-18-7-6-12(15)8-18/h2-5,12H,6-9,15H2,1H3/t12-/m1/s1. The Bertz CT molecular complexity index is 549. The number of likely N-dealkylation sites (tertiary alicyclic amines) is 1. The Kier molecular flexibility index (Phi) is 3.31. The highest BCUT2D eigenvalue weighted by atomic mass is 16.5. The Morgan fingerprint density at radius 3 is 2.84 bits per heavy atom. The number of hydrogen-bond donors (Lipinski definition) is 1. The van der Waals surface area contributed by atoms with Crippen LogP contribution in [0.3, 0.4) is 0 Å². The smallest absolute Gasteiger partial charge is 0.257 e. The second kappa shape index (κ2) is 5.11. The third-order valence-electron chi connectivity index (χ3n) is 3.44. The molecule has 1 aromatic carbocycles. The monoisotopic (exact) mass is 258 g/mol. The molecule has 0 spiro atoms. The summed E-state index contributed by atoms with van der Waals surface area (Å²) >= 11 is 0. The van der Waals surface area contributed by atoms with Gasteiger partial charge in [-0.15, -0.1) is 0 Å². The van der Waals surface area contributed by atoms with Gasteiger partial charge in [0.2, 0.25) is 0 Å². The number of benzene rings is 1. The Hall–Kier alpha value is -1.72. The molecule has 2 aromatic rings. The quantitative estimate of drug-likeness (QED) is 0.905. The lowest BCUT2D eigenvalue weighted by Gasteiger charge is -2.11. The van der Waals surface area contributed by atoms with E-state index < -0.39 is 0 Å². The summed E-state index contributed by atoms with van der Waals surface area (Å²) in [5, 5.41) is 4.03. The van der Waals surface area contributed by atoms with Crippen LogP contribution in [0.5, 0.6) is 0 Å². The first-order valence-corrected chi connectivity index (χ1v) is 6.58. The van der Waals surface area contributed by atoms with E-state index in [2.05, 4.69) is 22.0 Å². The Morgan fingerprint density at radius 2 is 2.16 bits per heavy atom. The molecule has 2 N–H and O–H groups in total. The van der Waals surface area contributed by atoms with Crippen LogP contribution < -0.4 is 5.73 Å². The second-order valence-corrected chi connectivity index (χ2v) is 5.17. The van der Waals surface area contributed by atoms with E-state index in [4.69, 9.17) is 10.3 Å². The minimum absolute atomic E-state index is 0.281. The van der Waals surface area contributed by atoms with E-state index in [9.17, 15) is 0 Å². The zero-order valence-electron chi connectivity index (χ0n) is 11.0. The SMILES string of the molecule is Cc1ccc(-c2nc(CN3CC[C@@H](N)C3)no2)cc1. The van der Waals surface area contributed by atoms with Gasteiger partial charge in [-0.25, -0.2) is 0 Å². The molecule has 1 atom stereocenters. The van der Waals surface area contributed by atoms with Crippen LogP contribution in [0.15, 0.2) is 28.8 Å². The molecule has 0 amide bonds. The third-order valence-corrected chi connectivity index (χ3v) is 3.44. The summed E-state index contributed by atoms with van der Waals surface area (Å²) in [4.78, 5) is 6.70. The Balaban J connectivity index is 1.71. The average Bonchev–Trinajstić information content (AvgIpc) is 3.00. The van der Waals surface area contributed by atoms with Gasteiger partial charge in [0.25, 0.3) is 5.89 Å². The molecule has 0 bridgehead atoms. The first kappa shape index (κ1) is 12.3. The van der Waals surface area contributed by atoms with Gasteiger partial charge >= 0.3 is 0 Å². The van der Waals surface area contributed by atoms with Gasteiger partial charge in [0, 0.05) is 24.7 Å². The summed E-state index contributed by atoms with van der Waals surface area (Å²) in [6, 6.07) is 8.36. The molecular weight excluding hydrogens is 240 g/mol. The van der Waals surface area contributed by atoms with Crippen molar-refractivity contribution in [1.82, 2.24) is 15.0 Å². The van der Waals surface area contributed by atoms with Crippen LogP contribution in [0.4, 0.5) is 0 Å². The molecule has 1 saturated heterocycles. The lowest BCUT2D eigenvalue weighted by Crippen LogP contribution is -2.26. The van der Waals surface area contributed by atoms with Crippen molar-refractivity contribution in [2.75, 3.05) is 13.1 Å². The van der Waals surface area contributed by atoms with Crippen molar-refractivity contribution in [3.63, 3.8) is 0 Å². The third kappa shape index (κ3) is 2.83. The van der Waals surface area contributed by atoms with Gasteiger partial charge in [0.05, 0.1) is 6.54 Å². The largest absolute Gasteiger partial charge is 0.334 e. The summed E-state index contributed by atoms with van der Waals surface area (Å²) in [5.41, 5.74) is 8.06. The van der Waals surface area contributed by atoms with E-state index in [-0.39, 0.29) is 6.04 Å². The molecule has 0 unspecified atom stereocenters. The van der Waals surface area contributed by atoms with Crippen molar-refractivity contribution in [2.24, 2.45) is 5.73 Å². The maximum Gasteiger partial charge on any atom is 0.257 e. The fourth-order valence-electron chi connectivity index (χ4n) is 2.34. The zero-order valence-corrected chi connectivity index (χ0v) is 11.0. The fourth-order valence-corrected chi connectivity index (χ4v) is 2.34. The first-order valence-electron chi connectivity index (χ1n) is 6.58. The fraction of sp³-hybridized carbons (Fsp3) is 0.429. The minimum atomic E-state index is 0.281. The summed E-state index contributed by atoms with van der Waals surface area (Å²) in [6.45, 7) is 4.69. The summed E-state index contributed by atoms with van der Waals surface area (Å²) in [5.74, 6) is 1.31. The first-order chi connectivity index (χ1) is 9.20. The van der Waals surface area contributed by atoms with E-state index in [0.29, 0.717) is 12.4 Å². The zero-order chi connectivity index (χ0) is 13.2. The van der Waals surface area contributed by atoms with Crippen molar-refractivity contribution in [2.45, 2.75) is 25.9 Å². The molecule has 1 aliphatic rings. The molecule has 1 aliphatic heterocycles. The Morgan fingerprint density at radius 1 is 1.37 bits per heavy atom. The highest BCUT2D eigenvalue weighted by Crippen LogP contribution is 2.18. The van der Waals surface area contributed by atoms with Crippen molar-refractivity contribution in [3.05, 3.63) is 35.7 Å². The topological polar surface area (TPSA) is 68.2 Å². The van der Waals surface area contributed by atoms with Crippen LogP contribution in [0.25, 0.3) is 11.5 Å². The molecule has 0 radical (unpaired) electrons. The van der Waals surface area contributed by atoms with Crippen LogP contribution >= 0.6 is 0 Å². The van der Waals surface area contributed by atoms with E-state index in [1.165, 1.54) is 5.56 Å². The number of nitrogens with two attached hydrogens (primary N) is 1. The molecule has 0 aliphatic carbocycles. The van der Waals surface area contributed by atoms with Crippen molar-refractivity contribution in [3.8, 4) is 11.5 Å². The van der Waals surface area contributed by atoms with Crippen molar-refractivity contribution < 1.29 is 4.52 Å². The van der Waals surface area contributed by atoms with E-state index >= 15 is 0 Å². The molecule has 5 heteroatoms. The minimum Gasteiger partial charge on any atom is -0.334 e. The van der Waals surface area contributed by atoms with Crippen LogP contribution in [-0.2, 0) is 6.54 Å².